The number of carboxylic acids is 1. The van der Waals surface area contributed by atoms with Crippen molar-refractivity contribution in [2.75, 3.05) is 6.54 Å². The van der Waals surface area contributed by atoms with Crippen LogP contribution in [0.1, 0.15) is 18.6 Å². The monoisotopic (exact) mass is 347 g/mol. The zero-order valence-electron chi connectivity index (χ0n) is 12.0. The number of hydrogen-bond donors (Lipinski definition) is 1. The Morgan fingerprint density at radius 1 is 1.39 bits per heavy atom. The molecule has 1 aromatic carbocycles. The van der Waals surface area contributed by atoms with Gasteiger partial charge in [-0.3, -0.25) is 14.5 Å². The SMILES string of the molecule is O=C(O)CCCN1C(=O)C(=Cc2cc3ccccc3o2)SC1=S. The smallest absolute Gasteiger partial charge is 0.303 e. The van der Waals surface area contributed by atoms with Crippen LogP contribution < -0.4 is 0 Å². The summed E-state index contributed by atoms with van der Waals surface area (Å²) in [6.45, 7) is 0.314. The average Bonchev–Trinajstić information content (AvgIpc) is 3.02. The number of thiocarbonyl (C=S) groups is 1. The molecule has 1 fully saturated rings. The molecule has 1 aliphatic heterocycles. The predicted octanol–water partition coefficient (Wildman–Crippen LogP) is 3.50. The lowest BCUT2D eigenvalue weighted by Crippen LogP contribution is -2.29. The average molecular weight is 347 g/mol. The van der Waals surface area contributed by atoms with Crippen molar-refractivity contribution >= 4 is 57.2 Å². The van der Waals surface area contributed by atoms with Crippen LogP contribution in [-0.2, 0) is 9.59 Å². The molecule has 7 heteroatoms. The van der Waals surface area contributed by atoms with E-state index in [-0.39, 0.29) is 12.3 Å². The van der Waals surface area contributed by atoms with Crippen molar-refractivity contribution in [3.63, 3.8) is 0 Å². The summed E-state index contributed by atoms with van der Waals surface area (Å²) in [5.41, 5.74) is 0.760. The number of aliphatic carboxylic acids is 1. The number of furan rings is 1. The molecule has 1 amide bonds. The minimum atomic E-state index is -0.881. The van der Waals surface area contributed by atoms with E-state index in [9.17, 15) is 9.59 Å². The van der Waals surface area contributed by atoms with E-state index in [1.807, 2.05) is 30.3 Å². The highest BCUT2D eigenvalue weighted by Gasteiger charge is 2.31. The molecule has 0 bridgehead atoms. The van der Waals surface area contributed by atoms with Crippen molar-refractivity contribution in [1.29, 1.82) is 0 Å². The number of thioether (sulfide) groups is 1. The normalized spacial score (nSPS) is 16.7. The number of carboxylic acid groups (broad SMARTS) is 1. The van der Waals surface area contributed by atoms with Gasteiger partial charge in [-0.25, -0.2) is 0 Å². The van der Waals surface area contributed by atoms with E-state index >= 15 is 0 Å². The van der Waals surface area contributed by atoms with E-state index in [1.54, 1.807) is 6.08 Å². The molecule has 0 spiro atoms. The maximum Gasteiger partial charge on any atom is 0.303 e. The summed E-state index contributed by atoms with van der Waals surface area (Å²) >= 11 is 6.41. The lowest BCUT2D eigenvalue weighted by Gasteiger charge is -2.12. The van der Waals surface area contributed by atoms with Crippen LogP contribution in [0.2, 0.25) is 0 Å². The quantitative estimate of drug-likeness (QED) is 0.659. The number of carbonyl (C=O) groups excluding carboxylic acids is 1. The van der Waals surface area contributed by atoms with Crippen molar-refractivity contribution < 1.29 is 19.1 Å². The van der Waals surface area contributed by atoms with Crippen LogP contribution in [0.3, 0.4) is 0 Å². The molecule has 0 radical (unpaired) electrons. The van der Waals surface area contributed by atoms with Gasteiger partial charge in [0.15, 0.2) is 0 Å². The minimum absolute atomic E-state index is 0.0136. The van der Waals surface area contributed by atoms with E-state index in [0.717, 1.165) is 11.0 Å². The first-order chi connectivity index (χ1) is 11.0. The lowest BCUT2D eigenvalue weighted by atomic mass is 10.2. The van der Waals surface area contributed by atoms with E-state index in [2.05, 4.69) is 0 Å². The number of fused-ring (bicyclic) bond motifs is 1. The summed E-state index contributed by atoms with van der Waals surface area (Å²) in [5, 5.41) is 9.64. The molecular weight excluding hydrogens is 334 g/mol. The van der Waals surface area contributed by atoms with Crippen LogP contribution >= 0.6 is 24.0 Å². The molecule has 118 valence electrons. The van der Waals surface area contributed by atoms with E-state index < -0.39 is 5.97 Å². The van der Waals surface area contributed by atoms with Gasteiger partial charge in [-0.15, -0.1) is 0 Å². The van der Waals surface area contributed by atoms with Crippen molar-refractivity contribution in [1.82, 2.24) is 4.90 Å². The molecule has 2 heterocycles. The first-order valence-corrected chi connectivity index (χ1v) is 8.23. The molecule has 5 nitrogen and oxygen atoms in total. The molecule has 0 saturated carbocycles. The third-order valence-corrected chi connectivity index (χ3v) is 4.74. The number of para-hydroxylation sites is 1. The van der Waals surface area contributed by atoms with Gasteiger partial charge in [0.05, 0.1) is 4.91 Å². The molecule has 0 atom stereocenters. The highest BCUT2D eigenvalue weighted by molar-refractivity contribution is 8.26. The Kier molecular flexibility index (Phi) is 4.49. The summed E-state index contributed by atoms with van der Waals surface area (Å²) in [6, 6.07) is 9.48. The van der Waals surface area contributed by atoms with E-state index in [1.165, 1.54) is 16.7 Å². The Morgan fingerprint density at radius 3 is 2.91 bits per heavy atom. The Balaban J connectivity index is 1.76. The third kappa shape index (κ3) is 3.46. The second-order valence-electron chi connectivity index (χ2n) is 5.02. The number of rotatable bonds is 5. The van der Waals surface area contributed by atoms with Gasteiger partial charge in [0.1, 0.15) is 15.7 Å². The topological polar surface area (TPSA) is 70.8 Å². The summed E-state index contributed by atoms with van der Waals surface area (Å²) in [6.07, 6.45) is 2.07. The maximum atomic E-state index is 12.4. The van der Waals surface area contributed by atoms with Gasteiger partial charge in [0, 0.05) is 24.4 Å². The van der Waals surface area contributed by atoms with Crippen molar-refractivity contribution in [2.24, 2.45) is 0 Å². The first-order valence-electron chi connectivity index (χ1n) is 7.00. The highest BCUT2D eigenvalue weighted by Crippen LogP contribution is 2.33. The van der Waals surface area contributed by atoms with Crippen LogP contribution in [0.25, 0.3) is 17.0 Å². The molecule has 2 aromatic rings. The Bertz CT molecular complexity index is 791. The maximum absolute atomic E-state index is 12.4. The van der Waals surface area contributed by atoms with Crippen LogP contribution in [0.5, 0.6) is 0 Å². The molecule has 1 N–H and O–H groups in total. The van der Waals surface area contributed by atoms with Gasteiger partial charge >= 0.3 is 5.97 Å². The predicted molar refractivity (Wildman–Crippen MR) is 93.0 cm³/mol. The second-order valence-corrected chi connectivity index (χ2v) is 6.69. The summed E-state index contributed by atoms with van der Waals surface area (Å²) in [7, 11) is 0. The highest BCUT2D eigenvalue weighted by atomic mass is 32.2. The number of amides is 1. The molecular formula is C16H13NO4S2. The van der Waals surface area contributed by atoms with Crippen molar-refractivity contribution in [2.45, 2.75) is 12.8 Å². The molecule has 1 aromatic heterocycles. The van der Waals surface area contributed by atoms with Crippen LogP contribution in [0.4, 0.5) is 0 Å². The van der Waals surface area contributed by atoms with Gasteiger partial charge in [0.2, 0.25) is 0 Å². The molecule has 0 unspecified atom stereocenters. The standard InChI is InChI=1S/C16H13NO4S2/c18-14(19)6-3-7-17-15(20)13(23-16(17)22)9-11-8-10-4-1-2-5-12(10)21-11/h1-2,4-5,8-9H,3,6-7H2,(H,18,19). The Labute approximate surface area is 141 Å². The van der Waals surface area contributed by atoms with Gasteiger partial charge in [-0.2, -0.15) is 0 Å². The summed E-state index contributed by atoms with van der Waals surface area (Å²) in [5.74, 6) is -0.490. The Morgan fingerprint density at radius 2 is 2.17 bits per heavy atom. The van der Waals surface area contributed by atoms with Crippen molar-refractivity contribution in [3.05, 3.63) is 41.0 Å². The lowest BCUT2D eigenvalue weighted by molar-refractivity contribution is -0.137. The number of hydrogen-bond acceptors (Lipinski definition) is 5. The third-order valence-electron chi connectivity index (χ3n) is 3.36. The fourth-order valence-corrected chi connectivity index (χ4v) is 3.57. The van der Waals surface area contributed by atoms with E-state index in [4.69, 9.17) is 21.7 Å². The fourth-order valence-electron chi connectivity index (χ4n) is 2.28. The van der Waals surface area contributed by atoms with Crippen LogP contribution in [0.15, 0.2) is 39.7 Å². The molecule has 3 rings (SSSR count). The molecule has 1 saturated heterocycles. The van der Waals surface area contributed by atoms with Crippen LogP contribution in [-0.4, -0.2) is 32.7 Å². The minimum Gasteiger partial charge on any atom is -0.481 e. The largest absolute Gasteiger partial charge is 0.481 e. The Hall–Kier alpha value is -2.12. The fraction of sp³-hybridized carbons (Fsp3) is 0.188. The molecule has 0 aliphatic carbocycles. The molecule has 23 heavy (non-hydrogen) atoms. The second kappa shape index (κ2) is 6.55. The first kappa shape index (κ1) is 15.8. The molecule has 1 aliphatic rings. The number of nitrogens with zero attached hydrogens (tertiary/aromatic N) is 1. The summed E-state index contributed by atoms with van der Waals surface area (Å²) < 4.78 is 6.13. The zero-order chi connectivity index (χ0) is 16.4. The summed E-state index contributed by atoms with van der Waals surface area (Å²) in [4.78, 5) is 24.9. The van der Waals surface area contributed by atoms with Gasteiger partial charge in [0.25, 0.3) is 5.91 Å². The van der Waals surface area contributed by atoms with Gasteiger partial charge < -0.3 is 9.52 Å². The van der Waals surface area contributed by atoms with Gasteiger partial charge in [-0.05, 0) is 18.6 Å². The number of carbonyl (C=O) groups is 2. The van der Waals surface area contributed by atoms with Gasteiger partial charge in [-0.1, -0.05) is 42.2 Å². The number of benzene rings is 1. The van der Waals surface area contributed by atoms with E-state index in [0.29, 0.717) is 28.0 Å². The van der Waals surface area contributed by atoms with Crippen LogP contribution in [0, 0.1) is 0 Å². The van der Waals surface area contributed by atoms with Crippen molar-refractivity contribution in [3.8, 4) is 0 Å². The zero-order valence-corrected chi connectivity index (χ0v) is 13.7.